The van der Waals surface area contributed by atoms with Crippen LogP contribution in [0.25, 0.3) is 0 Å². The van der Waals surface area contributed by atoms with Gasteiger partial charge in [0.2, 0.25) is 0 Å². The number of thioether (sulfide) groups is 4. The predicted octanol–water partition coefficient (Wildman–Crippen LogP) is 6.52. The lowest BCUT2D eigenvalue weighted by molar-refractivity contribution is 1.36. The van der Waals surface area contributed by atoms with Crippen molar-refractivity contribution in [2.75, 3.05) is 24.3 Å². The van der Waals surface area contributed by atoms with Crippen molar-refractivity contribution in [3.8, 4) is 0 Å². The first-order valence-corrected chi connectivity index (χ1v) is 12.7. The molecule has 0 aliphatic carbocycles. The van der Waals surface area contributed by atoms with Gasteiger partial charge in [-0.25, -0.2) is 0 Å². The first-order valence-electron chi connectivity index (χ1n) is 8.77. The van der Waals surface area contributed by atoms with Gasteiger partial charge < -0.3 is 11.5 Å². The molecule has 4 N–H and O–H groups in total. The Labute approximate surface area is 186 Å². The van der Waals surface area contributed by atoms with E-state index in [0.29, 0.717) is 0 Å². The van der Waals surface area contributed by atoms with E-state index in [2.05, 4.69) is 96.4 Å². The van der Waals surface area contributed by atoms with Crippen LogP contribution in [0, 0.1) is 0 Å². The van der Waals surface area contributed by atoms with Crippen molar-refractivity contribution < 1.29 is 0 Å². The van der Waals surface area contributed by atoms with Gasteiger partial charge in [-0.15, -0.1) is 47.0 Å². The Kier molecular flexibility index (Phi) is 15.1. The van der Waals surface area contributed by atoms with Crippen molar-refractivity contribution in [2.24, 2.45) is 11.5 Å². The van der Waals surface area contributed by atoms with Crippen LogP contribution < -0.4 is 11.5 Å². The molecule has 0 radical (unpaired) electrons. The molecule has 6 heteroatoms. The Morgan fingerprint density at radius 3 is 0.964 bits per heavy atom. The van der Waals surface area contributed by atoms with Crippen molar-refractivity contribution >= 4 is 47.0 Å². The second-order valence-corrected chi connectivity index (χ2v) is 9.84. The largest absolute Gasteiger partial charge is 0.333 e. The SMILES string of the molecule is CN.CN.c1ccc(SCSc2ccc(SCSc3ccccc3)cc2)cc1. The fraction of sp³-hybridized carbons (Fsp3) is 0.182. The van der Waals surface area contributed by atoms with E-state index in [-0.39, 0.29) is 0 Å². The van der Waals surface area contributed by atoms with E-state index < -0.39 is 0 Å². The standard InChI is InChI=1S/C20H18S4.2CH5N/c1-3-7-17(8-4-1)21-15-23-19-11-13-20(14-12-19)24-16-22-18-9-5-2-6-10-18;2*1-2/h1-14H,15-16H2;2*2H2,1H3. The lowest BCUT2D eigenvalue weighted by Crippen LogP contribution is -1.78. The highest BCUT2D eigenvalue weighted by Gasteiger charge is 1.99. The molecule has 0 fully saturated rings. The Bertz CT molecular complexity index is 658. The molecule has 0 bridgehead atoms. The van der Waals surface area contributed by atoms with Crippen LogP contribution >= 0.6 is 47.0 Å². The van der Waals surface area contributed by atoms with E-state index in [1.165, 1.54) is 33.7 Å². The van der Waals surface area contributed by atoms with Crippen molar-refractivity contribution in [1.29, 1.82) is 0 Å². The molecule has 0 saturated carbocycles. The highest BCUT2D eigenvalue weighted by molar-refractivity contribution is 8.16. The van der Waals surface area contributed by atoms with Gasteiger partial charge in [-0.05, 0) is 62.6 Å². The van der Waals surface area contributed by atoms with E-state index in [4.69, 9.17) is 0 Å². The maximum absolute atomic E-state index is 4.50. The zero-order valence-electron chi connectivity index (χ0n) is 16.3. The minimum Gasteiger partial charge on any atom is -0.333 e. The number of benzene rings is 3. The van der Waals surface area contributed by atoms with Gasteiger partial charge in [0.1, 0.15) is 0 Å². The molecule has 3 aromatic rings. The summed E-state index contributed by atoms with van der Waals surface area (Å²) in [4.78, 5) is 5.32. The van der Waals surface area contributed by atoms with Crippen LogP contribution in [0.2, 0.25) is 0 Å². The summed E-state index contributed by atoms with van der Waals surface area (Å²) in [7, 11) is 3.00. The zero-order valence-corrected chi connectivity index (χ0v) is 19.6. The van der Waals surface area contributed by atoms with Gasteiger partial charge in [0.25, 0.3) is 0 Å². The summed E-state index contributed by atoms with van der Waals surface area (Å²) < 4.78 is 0. The Balaban J connectivity index is 0.000000921. The molecule has 0 aliphatic heterocycles. The third-order valence-electron chi connectivity index (χ3n) is 3.21. The summed E-state index contributed by atoms with van der Waals surface area (Å²) in [6.45, 7) is 0. The molecule has 0 amide bonds. The molecule has 0 aromatic heterocycles. The van der Waals surface area contributed by atoms with E-state index in [0.717, 1.165) is 10.2 Å². The predicted molar refractivity (Wildman–Crippen MR) is 133 cm³/mol. The average molecular weight is 449 g/mol. The van der Waals surface area contributed by atoms with Gasteiger partial charge in [-0.3, -0.25) is 0 Å². The van der Waals surface area contributed by atoms with Crippen LogP contribution in [0.4, 0.5) is 0 Å². The number of rotatable bonds is 8. The molecule has 0 atom stereocenters. The molecule has 0 saturated heterocycles. The first-order chi connectivity index (χ1) is 13.9. The molecule has 0 spiro atoms. The number of hydrogen-bond donors (Lipinski definition) is 2. The molecular weight excluding hydrogens is 421 g/mol. The summed E-state index contributed by atoms with van der Waals surface area (Å²) in [6, 6.07) is 30.0. The van der Waals surface area contributed by atoms with Crippen LogP contribution in [0.1, 0.15) is 0 Å². The van der Waals surface area contributed by atoms with E-state index in [1.807, 2.05) is 47.0 Å². The van der Waals surface area contributed by atoms with Gasteiger partial charge in [0, 0.05) is 29.8 Å². The van der Waals surface area contributed by atoms with Gasteiger partial charge in [-0.2, -0.15) is 0 Å². The topological polar surface area (TPSA) is 52.0 Å². The minimum absolute atomic E-state index is 1.04. The quantitative estimate of drug-likeness (QED) is 0.302. The third-order valence-corrected chi connectivity index (χ3v) is 7.52. The summed E-state index contributed by atoms with van der Waals surface area (Å²) >= 11 is 7.56. The van der Waals surface area contributed by atoms with E-state index >= 15 is 0 Å². The summed E-state index contributed by atoms with van der Waals surface area (Å²) in [5.74, 6) is 0. The van der Waals surface area contributed by atoms with Crippen molar-refractivity contribution in [2.45, 2.75) is 19.6 Å². The monoisotopic (exact) mass is 448 g/mol. The van der Waals surface area contributed by atoms with Crippen LogP contribution in [-0.2, 0) is 0 Å². The Morgan fingerprint density at radius 1 is 0.429 bits per heavy atom. The summed E-state index contributed by atoms with van der Waals surface area (Å²) in [5, 5.41) is 2.08. The number of hydrogen-bond acceptors (Lipinski definition) is 6. The normalized spacial score (nSPS) is 9.57. The second kappa shape index (κ2) is 16.9. The van der Waals surface area contributed by atoms with Gasteiger partial charge in [0.15, 0.2) is 0 Å². The zero-order chi connectivity index (χ0) is 20.5. The fourth-order valence-corrected chi connectivity index (χ4v) is 6.00. The molecule has 0 unspecified atom stereocenters. The summed E-state index contributed by atoms with van der Waals surface area (Å²) in [5.41, 5.74) is 9.00. The molecule has 0 heterocycles. The summed E-state index contributed by atoms with van der Waals surface area (Å²) in [6.07, 6.45) is 0. The van der Waals surface area contributed by atoms with Gasteiger partial charge in [-0.1, -0.05) is 36.4 Å². The maximum atomic E-state index is 4.50. The lowest BCUT2D eigenvalue weighted by Gasteiger charge is -2.05. The van der Waals surface area contributed by atoms with Crippen LogP contribution in [0.3, 0.4) is 0 Å². The molecule has 3 rings (SSSR count). The fourth-order valence-electron chi connectivity index (χ4n) is 2.00. The van der Waals surface area contributed by atoms with Crippen molar-refractivity contribution in [3.05, 3.63) is 84.9 Å². The molecule has 3 aromatic carbocycles. The Morgan fingerprint density at radius 2 is 0.679 bits per heavy atom. The third kappa shape index (κ3) is 10.5. The highest BCUT2D eigenvalue weighted by atomic mass is 32.2. The molecule has 2 nitrogen and oxygen atoms in total. The first kappa shape index (κ1) is 25.0. The lowest BCUT2D eigenvalue weighted by atomic mass is 10.4. The molecular formula is C22H28N2S4. The Hall–Kier alpha value is -1.02. The van der Waals surface area contributed by atoms with Crippen LogP contribution in [-0.4, -0.2) is 24.3 Å². The van der Waals surface area contributed by atoms with Gasteiger partial charge in [0.05, 0.1) is 0 Å². The van der Waals surface area contributed by atoms with Crippen molar-refractivity contribution in [1.82, 2.24) is 0 Å². The van der Waals surface area contributed by atoms with Crippen molar-refractivity contribution in [3.63, 3.8) is 0 Å². The highest BCUT2D eigenvalue weighted by Crippen LogP contribution is 2.31. The average Bonchev–Trinajstić information content (AvgIpc) is 2.79. The maximum Gasteiger partial charge on any atom is 0.0486 e. The van der Waals surface area contributed by atoms with Crippen LogP contribution in [0.15, 0.2) is 105 Å². The second-order valence-electron chi connectivity index (χ2n) is 4.91. The number of nitrogens with two attached hydrogens (primary N) is 2. The smallest absolute Gasteiger partial charge is 0.0486 e. The van der Waals surface area contributed by atoms with E-state index in [9.17, 15) is 0 Å². The molecule has 28 heavy (non-hydrogen) atoms. The van der Waals surface area contributed by atoms with Gasteiger partial charge >= 0.3 is 0 Å². The van der Waals surface area contributed by atoms with Crippen LogP contribution in [0.5, 0.6) is 0 Å². The van der Waals surface area contributed by atoms with E-state index in [1.54, 1.807) is 0 Å². The minimum atomic E-state index is 1.04. The molecule has 0 aliphatic rings. The molecule has 150 valence electrons.